The van der Waals surface area contributed by atoms with Crippen LogP contribution in [0.4, 0.5) is 26.3 Å². The first-order valence-corrected chi connectivity index (χ1v) is 13.1. The van der Waals surface area contributed by atoms with Crippen LogP contribution in [-0.2, 0) is 24.8 Å². The number of carbonyl (C=O) groups excluding carboxylic acids is 1. The summed E-state index contributed by atoms with van der Waals surface area (Å²) in [6.45, 7) is 7.97. The minimum atomic E-state index is -5.02. The van der Waals surface area contributed by atoms with Crippen LogP contribution in [0.5, 0.6) is 0 Å². The molecule has 0 saturated heterocycles. The predicted molar refractivity (Wildman–Crippen MR) is 118 cm³/mol. The summed E-state index contributed by atoms with van der Waals surface area (Å²) < 4.78 is 97.2. The van der Waals surface area contributed by atoms with Crippen LogP contribution in [-0.4, -0.2) is 28.0 Å². The van der Waals surface area contributed by atoms with E-state index in [2.05, 4.69) is 6.92 Å². The van der Waals surface area contributed by atoms with Gasteiger partial charge in [-0.05, 0) is 67.8 Å². The molecule has 0 amide bonds. The third kappa shape index (κ3) is 5.16. The van der Waals surface area contributed by atoms with Crippen LogP contribution in [0.2, 0.25) is 0 Å². The molecule has 0 bridgehead atoms. The molecule has 0 aliphatic heterocycles. The van der Waals surface area contributed by atoms with Crippen molar-refractivity contribution in [1.29, 1.82) is 0 Å². The lowest BCUT2D eigenvalue weighted by Crippen LogP contribution is -2.50. The van der Waals surface area contributed by atoms with Crippen molar-refractivity contribution in [2.45, 2.75) is 90.4 Å². The summed E-state index contributed by atoms with van der Waals surface area (Å²) >= 11 is -3.41. The van der Waals surface area contributed by atoms with Crippen LogP contribution >= 0.6 is 0 Å². The summed E-state index contributed by atoms with van der Waals surface area (Å²) in [5, 5.41) is 0. The normalized spacial score (nSPS) is 37.3. The lowest BCUT2D eigenvalue weighted by Gasteiger charge is -2.57. The molecule has 0 aromatic rings. The van der Waals surface area contributed by atoms with Gasteiger partial charge in [0.25, 0.3) is 0 Å². The summed E-state index contributed by atoms with van der Waals surface area (Å²) in [5.41, 5.74) is -4.84. The summed E-state index contributed by atoms with van der Waals surface area (Å²) in [7, 11) is 0. The van der Waals surface area contributed by atoms with Crippen molar-refractivity contribution in [3.63, 3.8) is 0 Å². The van der Waals surface area contributed by atoms with Crippen LogP contribution in [0.3, 0.4) is 0 Å². The number of fused-ring (bicyclic) bond motifs is 5. The van der Waals surface area contributed by atoms with Crippen LogP contribution in [0.25, 0.3) is 0 Å². The van der Waals surface area contributed by atoms with Gasteiger partial charge in [0.2, 0.25) is 0 Å². The Bertz CT molecular complexity index is 911. The molecular weight excluding hydrogens is 498 g/mol. The summed E-state index contributed by atoms with van der Waals surface area (Å²) in [6, 6.07) is 0. The number of ether oxygens (including phenoxy) is 1. The summed E-state index contributed by atoms with van der Waals surface area (Å²) in [5.74, 6) is -1.60. The van der Waals surface area contributed by atoms with Gasteiger partial charge in [0, 0.05) is 11.8 Å². The number of alkyl halides is 6. The maximum Gasteiger partial charge on any atom is 0.508 e. The molecular formula is C24H32F6O4S. The molecule has 35 heavy (non-hydrogen) atoms. The molecule has 200 valence electrons. The van der Waals surface area contributed by atoms with Gasteiger partial charge in [-0.2, -0.15) is 26.3 Å². The largest absolute Gasteiger partial charge is 0.508 e. The Morgan fingerprint density at radius 1 is 0.971 bits per heavy atom. The van der Waals surface area contributed by atoms with Gasteiger partial charge in [-0.15, -0.1) is 0 Å². The minimum Gasteiger partial charge on any atom is -0.455 e. The van der Waals surface area contributed by atoms with E-state index in [1.165, 1.54) is 0 Å². The van der Waals surface area contributed by atoms with Gasteiger partial charge < -0.3 is 8.92 Å². The van der Waals surface area contributed by atoms with Crippen molar-refractivity contribution in [1.82, 2.24) is 0 Å². The molecule has 11 heteroatoms. The number of rotatable bonds is 3. The molecule has 7 atom stereocenters. The number of allylic oxidation sites excluding steroid dienone is 3. The highest BCUT2D eigenvalue weighted by Gasteiger charge is 2.58. The molecule has 4 aliphatic carbocycles. The number of hydrogen-bond acceptors (Lipinski definition) is 4. The Labute approximate surface area is 204 Å². The van der Waals surface area contributed by atoms with Crippen molar-refractivity contribution < 1.29 is 44.3 Å². The van der Waals surface area contributed by atoms with Crippen molar-refractivity contribution >= 4 is 17.0 Å². The smallest absolute Gasteiger partial charge is 0.455 e. The Morgan fingerprint density at radius 3 is 2.20 bits per heavy atom. The predicted octanol–water partition coefficient (Wildman–Crippen LogP) is 7.14. The van der Waals surface area contributed by atoms with Gasteiger partial charge >= 0.3 is 28.7 Å². The lowest BCUT2D eigenvalue weighted by molar-refractivity contribution is -0.206. The number of esters is 1. The third-order valence-electron chi connectivity index (χ3n) is 8.43. The first-order valence-electron chi connectivity index (χ1n) is 12.0. The molecule has 4 rings (SSSR count). The Balaban J connectivity index is 0.00000167. The second kappa shape index (κ2) is 9.74. The monoisotopic (exact) mass is 530 g/mol. The fraction of sp³-hybridized carbons (Fsp3) is 0.792. The fourth-order valence-corrected chi connectivity index (χ4v) is 7.25. The first-order chi connectivity index (χ1) is 16.2. The molecule has 0 spiro atoms. The molecule has 7 unspecified atom stereocenters. The van der Waals surface area contributed by atoms with E-state index in [0.717, 1.165) is 12.0 Å². The zero-order chi connectivity index (χ0) is 26.4. The van der Waals surface area contributed by atoms with Crippen molar-refractivity contribution in [3.8, 4) is 0 Å². The highest BCUT2D eigenvalue weighted by Crippen LogP contribution is 2.65. The Kier molecular flexibility index (Phi) is 7.81. The van der Waals surface area contributed by atoms with E-state index in [4.69, 9.17) is 8.92 Å². The molecule has 2 saturated carbocycles. The average molecular weight is 531 g/mol. The van der Waals surface area contributed by atoms with E-state index >= 15 is 0 Å². The molecule has 0 N–H and O–H groups in total. The Morgan fingerprint density at radius 2 is 1.60 bits per heavy atom. The fourth-order valence-electron chi connectivity index (χ4n) is 6.73. The summed E-state index contributed by atoms with van der Waals surface area (Å²) in [4.78, 5) is 11.3. The minimum absolute atomic E-state index is 0.0342. The maximum atomic E-state index is 12.8. The SMILES string of the molecule is CC.CC12CCC(OC(=O)C(F)(F)F)CC1=CCC1C2CCC2(C)C(OS(=O)C(F)(F)F)=CCC12. The molecule has 0 aromatic heterocycles. The van der Waals surface area contributed by atoms with Gasteiger partial charge in [-0.1, -0.05) is 39.3 Å². The molecule has 4 aliphatic rings. The third-order valence-corrected chi connectivity index (χ3v) is 9.14. The van der Waals surface area contributed by atoms with Gasteiger partial charge in [0.1, 0.15) is 11.9 Å². The Hall–Kier alpha value is -1.52. The van der Waals surface area contributed by atoms with Crippen LogP contribution in [0, 0.1) is 28.6 Å². The zero-order valence-corrected chi connectivity index (χ0v) is 21.0. The van der Waals surface area contributed by atoms with E-state index in [9.17, 15) is 35.3 Å². The van der Waals surface area contributed by atoms with Gasteiger partial charge in [-0.25, -0.2) is 9.00 Å². The van der Waals surface area contributed by atoms with E-state index in [0.29, 0.717) is 32.1 Å². The maximum absolute atomic E-state index is 12.8. The zero-order valence-electron chi connectivity index (χ0n) is 20.2. The first kappa shape index (κ1) is 28.1. The van der Waals surface area contributed by atoms with Crippen LogP contribution in [0.1, 0.15) is 72.6 Å². The van der Waals surface area contributed by atoms with Crippen molar-refractivity contribution in [2.24, 2.45) is 28.6 Å². The number of carbonyl (C=O) groups is 1. The molecule has 0 aromatic carbocycles. The standard InChI is InChI=1S/C22H26F6O4S.C2H6/c1-19-9-7-13(31-18(29)21(23,24)25)11-12(19)3-4-14-15-5-6-17(32-33(30)22(26,27)28)20(15,2)10-8-16(14)19;1-2/h3,6,13-16H,4-5,7-11H2,1-2H3;1-2H3. The van der Waals surface area contributed by atoms with Gasteiger partial charge in [-0.3, -0.25) is 0 Å². The van der Waals surface area contributed by atoms with Gasteiger partial charge in [0.15, 0.2) is 0 Å². The second-order valence-electron chi connectivity index (χ2n) is 10.1. The summed E-state index contributed by atoms with van der Waals surface area (Å²) in [6.07, 6.45) is 1.48. The number of hydrogen-bond donors (Lipinski definition) is 0. The van der Waals surface area contributed by atoms with Crippen molar-refractivity contribution in [3.05, 3.63) is 23.5 Å². The van der Waals surface area contributed by atoms with Crippen molar-refractivity contribution in [2.75, 3.05) is 0 Å². The average Bonchev–Trinajstić information content (AvgIpc) is 3.10. The van der Waals surface area contributed by atoms with Crippen LogP contribution < -0.4 is 0 Å². The molecule has 4 nitrogen and oxygen atoms in total. The number of halogens is 6. The highest BCUT2D eigenvalue weighted by atomic mass is 32.2. The molecule has 0 heterocycles. The highest BCUT2D eigenvalue weighted by molar-refractivity contribution is 7.81. The van der Waals surface area contributed by atoms with E-state index in [1.54, 1.807) is 6.08 Å². The molecule has 2 fully saturated rings. The second-order valence-corrected chi connectivity index (χ2v) is 11.2. The van der Waals surface area contributed by atoms with E-state index in [1.807, 2.05) is 26.8 Å². The van der Waals surface area contributed by atoms with Crippen LogP contribution in [0.15, 0.2) is 23.5 Å². The topological polar surface area (TPSA) is 52.6 Å². The quantitative estimate of drug-likeness (QED) is 0.221. The lowest BCUT2D eigenvalue weighted by atomic mass is 9.48. The van der Waals surface area contributed by atoms with Gasteiger partial charge in [0.05, 0.1) is 0 Å². The molecule has 0 radical (unpaired) electrons. The van der Waals surface area contributed by atoms with E-state index in [-0.39, 0.29) is 35.3 Å². The van der Waals surface area contributed by atoms with E-state index < -0.39 is 40.3 Å².